The fourth-order valence-electron chi connectivity index (χ4n) is 2.84. The van der Waals surface area contributed by atoms with Crippen molar-refractivity contribution in [3.63, 3.8) is 0 Å². The first kappa shape index (κ1) is 14.3. The number of hydrogen-bond donors (Lipinski definition) is 2. The SMILES string of the molecule is CC(O)C1CCN(c2cccc(F)c2[C@@H](C)O)CC1. The average Bonchev–Trinajstić information content (AvgIpc) is 2.38. The molecule has 1 heterocycles. The summed E-state index contributed by atoms with van der Waals surface area (Å²) in [6.07, 6.45) is 0.692. The Kier molecular flexibility index (Phi) is 4.42. The van der Waals surface area contributed by atoms with Crippen LogP contribution in [0.15, 0.2) is 18.2 Å². The van der Waals surface area contributed by atoms with Gasteiger partial charge in [-0.3, -0.25) is 0 Å². The maximum atomic E-state index is 13.8. The molecule has 0 radical (unpaired) electrons. The fraction of sp³-hybridized carbons (Fsp3) is 0.600. The summed E-state index contributed by atoms with van der Waals surface area (Å²) < 4.78 is 13.8. The Bertz CT molecular complexity index is 426. The summed E-state index contributed by atoms with van der Waals surface area (Å²) in [5.74, 6) is -0.0371. The van der Waals surface area contributed by atoms with Crippen LogP contribution >= 0.6 is 0 Å². The van der Waals surface area contributed by atoms with Gasteiger partial charge in [0.2, 0.25) is 0 Å². The van der Waals surface area contributed by atoms with Gasteiger partial charge in [0, 0.05) is 24.3 Å². The highest BCUT2D eigenvalue weighted by Crippen LogP contribution is 2.32. The van der Waals surface area contributed by atoms with E-state index in [9.17, 15) is 14.6 Å². The van der Waals surface area contributed by atoms with E-state index in [0.29, 0.717) is 11.5 Å². The van der Waals surface area contributed by atoms with E-state index in [1.165, 1.54) is 6.07 Å². The Balaban J connectivity index is 2.18. The van der Waals surface area contributed by atoms with Gasteiger partial charge in [-0.25, -0.2) is 4.39 Å². The summed E-state index contributed by atoms with van der Waals surface area (Å²) in [5.41, 5.74) is 1.15. The minimum absolute atomic E-state index is 0.286. The Morgan fingerprint density at radius 3 is 2.37 bits per heavy atom. The van der Waals surface area contributed by atoms with E-state index >= 15 is 0 Å². The molecule has 1 aliphatic rings. The third-order valence-corrected chi connectivity index (χ3v) is 4.01. The third-order valence-electron chi connectivity index (χ3n) is 4.01. The van der Waals surface area contributed by atoms with Gasteiger partial charge < -0.3 is 15.1 Å². The first-order chi connectivity index (χ1) is 9.00. The Labute approximate surface area is 113 Å². The zero-order valence-electron chi connectivity index (χ0n) is 11.5. The van der Waals surface area contributed by atoms with Crippen LogP contribution in [0.2, 0.25) is 0 Å². The molecule has 106 valence electrons. The van der Waals surface area contributed by atoms with Crippen LogP contribution in [0, 0.1) is 11.7 Å². The maximum Gasteiger partial charge on any atom is 0.131 e. The van der Waals surface area contributed by atoms with Crippen LogP contribution in [-0.2, 0) is 0 Å². The normalized spacial score (nSPS) is 20.4. The Morgan fingerprint density at radius 1 is 1.21 bits per heavy atom. The molecule has 0 amide bonds. The van der Waals surface area contributed by atoms with E-state index in [1.807, 2.05) is 13.0 Å². The van der Waals surface area contributed by atoms with Crippen molar-refractivity contribution < 1.29 is 14.6 Å². The quantitative estimate of drug-likeness (QED) is 0.884. The summed E-state index contributed by atoms with van der Waals surface area (Å²) >= 11 is 0. The molecule has 1 saturated heterocycles. The molecular weight excluding hydrogens is 245 g/mol. The van der Waals surface area contributed by atoms with Crippen molar-refractivity contribution in [3.05, 3.63) is 29.6 Å². The highest BCUT2D eigenvalue weighted by molar-refractivity contribution is 5.55. The van der Waals surface area contributed by atoms with Crippen molar-refractivity contribution in [3.8, 4) is 0 Å². The van der Waals surface area contributed by atoms with Crippen LogP contribution in [0.3, 0.4) is 0 Å². The molecule has 2 rings (SSSR count). The average molecular weight is 267 g/mol. The number of benzene rings is 1. The molecule has 2 atom stereocenters. The van der Waals surface area contributed by atoms with E-state index in [1.54, 1.807) is 13.0 Å². The topological polar surface area (TPSA) is 43.7 Å². The van der Waals surface area contributed by atoms with Crippen molar-refractivity contribution >= 4 is 5.69 Å². The van der Waals surface area contributed by atoms with E-state index < -0.39 is 6.10 Å². The number of piperidine rings is 1. The lowest BCUT2D eigenvalue weighted by molar-refractivity contribution is 0.109. The van der Waals surface area contributed by atoms with Gasteiger partial charge >= 0.3 is 0 Å². The van der Waals surface area contributed by atoms with Gasteiger partial charge in [-0.15, -0.1) is 0 Å². The number of hydrogen-bond acceptors (Lipinski definition) is 3. The third kappa shape index (κ3) is 3.07. The molecule has 0 bridgehead atoms. The number of anilines is 1. The molecule has 0 spiro atoms. The van der Waals surface area contributed by atoms with Crippen LogP contribution in [0.4, 0.5) is 10.1 Å². The first-order valence-corrected chi connectivity index (χ1v) is 6.90. The molecule has 0 aliphatic carbocycles. The maximum absolute atomic E-state index is 13.8. The molecule has 3 nitrogen and oxygen atoms in total. The molecule has 19 heavy (non-hydrogen) atoms. The second-order valence-corrected chi connectivity index (χ2v) is 5.41. The monoisotopic (exact) mass is 267 g/mol. The van der Waals surface area contributed by atoms with E-state index in [2.05, 4.69) is 4.90 Å². The summed E-state index contributed by atoms with van der Waals surface area (Å²) in [7, 11) is 0. The summed E-state index contributed by atoms with van der Waals surface area (Å²) in [4.78, 5) is 2.10. The molecule has 1 aromatic rings. The Hall–Kier alpha value is -1.13. The summed E-state index contributed by atoms with van der Waals surface area (Å²) in [6, 6.07) is 4.92. The molecule has 0 aromatic heterocycles. The predicted octanol–water partition coefficient (Wildman–Crippen LogP) is 2.48. The minimum atomic E-state index is -0.814. The lowest BCUT2D eigenvalue weighted by Crippen LogP contribution is -2.37. The standard InChI is InChI=1S/C15H22FNO2/c1-10(18)12-6-8-17(9-7-12)14-5-3-4-13(16)15(14)11(2)19/h3-5,10-12,18-19H,6-9H2,1-2H3/t10?,11-/m1/s1. The lowest BCUT2D eigenvalue weighted by Gasteiger charge is -2.36. The van der Waals surface area contributed by atoms with Crippen molar-refractivity contribution in [2.45, 2.75) is 38.9 Å². The number of aliphatic hydroxyl groups is 2. The first-order valence-electron chi connectivity index (χ1n) is 6.90. The summed E-state index contributed by atoms with van der Waals surface area (Å²) in [5, 5.41) is 19.4. The molecular formula is C15H22FNO2. The predicted molar refractivity (Wildman–Crippen MR) is 73.7 cm³/mol. The molecule has 1 aliphatic heterocycles. The highest BCUT2D eigenvalue weighted by Gasteiger charge is 2.25. The summed E-state index contributed by atoms with van der Waals surface area (Å²) in [6.45, 7) is 4.99. The van der Waals surface area contributed by atoms with Crippen LogP contribution in [0.5, 0.6) is 0 Å². The fourth-order valence-corrected chi connectivity index (χ4v) is 2.84. The molecule has 0 saturated carbocycles. The molecule has 1 fully saturated rings. The van der Waals surface area contributed by atoms with Crippen LogP contribution in [0.1, 0.15) is 38.4 Å². The highest BCUT2D eigenvalue weighted by atomic mass is 19.1. The second kappa shape index (κ2) is 5.88. The van der Waals surface area contributed by atoms with Crippen LogP contribution in [0.25, 0.3) is 0 Å². The number of halogens is 1. The lowest BCUT2D eigenvalue weighted by atomic mass is 9.91. The Morgan fingerprint density at radius 2 is 1.84 bits per heavy atom. The van der Waals surface area contributed by atoms with E-state index in [-0.39, 0.29) is 11.9 Å². The van der Waals surface area contributed by atoms with E-state index in [0.717, 1.165) is 31.6 Å². The number of nitrogens with zero attached hydrogens (tertiary/aromatic N) is 1. The molecule has 2 N–H and O–H groups in total. The zero-order chi connectivity index (χ0) is 14.0. The van der Waals surface area contributed by atoms with Crippen molar-refractivity contribution in [1.82, 2.24) is 0 Å². The molecule has 1 unspecified atom stereocenters. The zero-order valence-corrected chi connectivity index (χ0v) is 11.5. The van der Waals surface area contributed by atoms with Gasteiger partial charge in [-0.2, -0.15) is 0 Å². The van der Waals surface area contributed by atoms with Gasteiger partial charge in [-0.1, -0.05) is 6.07 Å². The van der Waals surface area contributed by atoms with Gasteiger partial charge in [0.05, 0.1) is 12.2 Å². The number of rotatable bonds is 3. The molecule has 1 aromatic carbocycles. The minimum Gasteiger partial charge on any atom is -0.393 e. The molecule has 4 heteroatoms. The van der Waals surface area contributed by atoms with Gasteiger partial charge in [-0.05, 0) is 44.7 Å². The van der Waals surface area contributed by atoms with Gasteiger partial charge in [0.15, 0.2) is 0 Å². The van der Waals surface area contributed by atoms with Crippen molar-refractivity contribution in [1.29, 1.82) is 0 Å². The van der Waals surface area contributed by atoms with Crippen molar-refractivity contribution in [2.24, 2.45) is 5.92 Å². The smallest absolute Gasteiger partial charge is 0.131 e. The van der Waals surface area contributed by atoms with Gasteiger partial charge in [0.1, 0.15) is 5.82 Å². The van der Waals surface area contributed by atoms with E-state index in [4.69, 9.17) is 0 Å². The van der Waals surface area contributed by atoms with Crippen LogP contribution in [-0.4, -0.2) is 29.4 Å². The second-order valence-electron chi connectivity index (χ2n) is 5.41. The number of aliphatic hydroxyl groups excluding tert-OH is 2. The van der Waals surface area contributed by atoms with Crippen molar-refractivity contribution in [2.75, 3.05) is 18.0 Å². The largest absolute Gasteiger partial charge is 0.393 e. The van der Waals surface area contributed by atoms with Gasteiger partial charge in [0.25, 0.3) is 0 Å². The van der Waals surface area contributed by atoms with Crippen LogP contribution < -0.4 is 4.90 Å².